The van der Waals surface area contributed by atoms with Crippen LogP contribution < -0.4 is 15.4 Å². The van der Waals surface area contributed by atoms with Gasteiger partial charge in [0.15, 0.2) is 5.76 Å². The molecule has 0 N–H and O–H groups in total. The van der Waals surface area contributed by atoms with Crippen molar-refractivity contribution in [2.24, 2.45) is 0 Å². The maximum atomic E-state index is 12.5. The van der Waals surface area contributed by atoms with E-state index in [1.807, 2.05) is 18.2 Å². The second-order valence-electron chi connectivity index (χ2n) is 9.50. The first-order valence-electron chi connectivity index (χ1n) is 13.0. The molecule has 0 unspecified atom stereocenters. The molecule has 2 fully saturated rings. The minimum absolute atomic E-state index is 0.0799. The van der Waals surface area contributed by atoms with Crippen molar-refractivity contribution in [3.05, 3.63) is 75.9 Å². The number of hydrogen-bond donors (Lipinski definition) is 0. The zero-order valence-corrected chi connectivity index (χ0v) is 21.7. The number of carbonyl (C=O) groups is 1. The smallest absolute Gasteiger partial charge is 0.289 e. The lowest BCUT2D eigenvalue weighted by atomic mass is 10.2. The van der Waals surface area contributed by atoms with Crippen LogP contribution in [0.4, 0.5) is 11.5 Å². The number of para-hydroxylation sites is 1. The Balaban J connectivity index is 1.06. The molecule has 2 aliphatic rings. The molecule has 196 valence electrons. The standard InChI is InChI=1S/C27H33ClN6O3/c28-22-6-1-2-7-23(22)31-15-13-30(14-16-31)11-3-4-12-34-26(35)10-9-25(29-34)32-17-19-33(20-18-32)27(36)24-8-5-21-37-24/h1-2,5-10,21H,3-4,11-20H2. The zero-order valence-electron chi connectivity index (χ0n) is 21.0. The molecular weight excluding hydrogens is 492 g/mol. The van der Waals surface area contributed by atoms with E-state index in [2.05, 4.69) is 25.9 Å². The summed E-state index contributed by atoms with van der Waals surface area (Å²) in [5.74, 6) is 1.05. The van der Waals surface area contributed by atoms with Crippen LogP contribution in [0.3, 0.4) is 0 Å². The van der Waals surface area contributed by atoms with Gasteiger partial charge in [-0.3, -0.25) is 14.5 Å². The fraction of sp³-hybridized carbons (Fsp3) is 0.444. The normalized spacial score (nSPS) is 16.8. The molecule has 3 aromatic rings. The minimum Gasteiger partial charge on any atom is -0.459 e. The average molecular weight is 525 g/mol. The lowest BCUT2D eigenvalue weighted by Gasteiger charge is -2.36. The van der Waals surface area contributed by atoms with Crippen LogP contribution in [-0.4, -0.2) is 84.4 Å². The van der Waals surface area contributed by atoms with Crippen LogP contribution in [0.25, 0.3) is 0 Å². The molecule has 37 heavy (non-hydrogen) atoms. The van der Waals surface area contributed by atoms with Crippen LogP contribution in [0, 0.1) is 0 Å². The number of halogens is 1. The van der Waals surface area contributed by atoms with Crippen molar-refractivity contribution < 1.29 is 9.21 Å². The summed E-state index contributed by atoms with van der Waals surface area (Å²) in [6.45, 7) is 8.06. The minimum atomic E-state index is -0.0899. The largest absolute Gasteiger partial charge is 0.459 e. The number of aryl methyl sites for hydroxylation is 1. The van der Waals surface area contributed by atoms with Crippen LogP contribution in [0.15, 0.2) is 64.0 Å². The van der Waals surface area contributed by atoms with Gasteiger partial charge in [0.05, 0.1) is 17.0 Å². The Bertz CT molecular complexity index is 1230. The highest BCUT2D eigenvalue weighted by molar-refractivity contribution is 6.33. The molecule has 2 aliphatic heterocycles. The number of carbonyl (C=O) groups excluding carboxylic acids is 1. The van der Waals surface area contributed by atoms with Crippen molar-refractivity contribution in [3.63, 3.8) is 0 Å². The lowest BCUT2D eigenvalue weighted by Crippen LogP contribution is -2.49. The third-order valence-electron chi connectivity index (χ3n) is 7.14. The summed E-state index contributed by atoms with van der Waals surface area (Å²) < 4.78 is 6.81. The number of aromatic nitrogens is 2. The topological polar surface area (TPSA) is 78.1 Å². The first kappa shape index (κ1) is 25.4. The first-order chi connectivity index (χ1) is 18.1. The number of benzene rings is 1. The molecule has 0 spiro atoms. The van der Waals surface area contributed by atoms with Crippen LogP contribution in [0.1, 0.15) is 23.4 Å². The van der Waals surface area contributed by atoms with Crippen LogP contribution in [0.2, 0.25) is 5.02 Å². The SMILES string of the molecule is O=C(c1ccco1)N1CCN(c2ccc(=O)n(CCCCN3CCN(c4ccccc4Cl)CC3)n2)CC1. The van der Waals surface area contributed by atoms with E-state index in [-0.39, 0.29) is 11.5 Å². The molecule has 0 saturated carbocycles. The second kappa shape index (κ2) is 11.8. The summed E-state index contributed by atoms with van der Waals surface area (Å²) in [5.41, 5.74) is 1.03. The Hall–Kier alpha value is -3.30. The van der Waals surface area contributed by atoms with Gasteiger partial charge in [-0.05, 0) is 49.7 Å². The van der Waals surface area contributed by atoms with Gasteiger partial charge in [-0.1, -0.05) is 23.7 Å². The Morgan fingerprint density at radius 1 is 0.838 bits per heavy atom. The van der Waals surface area contributed by atoms with E-state index in [4.69, 9.17) is 16.0 Å². The monoisotopic (exact) mass is 524 g/mol. The fourth-order valence-electron chi connectivity index (χ4n) is 4.98. The summed E-state index contributed by atoms with van der Waals surface area (Å²) in [5, 5.41) is 5.43. The third-order valence-corrected chi connectivity index (χ3v) is 7.45. The third kappa shape index (κ3) is 6.17. The number of piperazine rings is 2. The number of furan rings is 1. The van der Waals surface area contributed by atoms with Gasteiger partial charge in [-0.15, -0.1) is 0 Å². The van der Waals surface area contributed by atoms with Crippen molar-refractivity contribution in [2.75, 3.05) is 68.7 Å². The molecule has 0 atom stereocenters. The number of hydrogen-bond acceptors (Lipinski definition) is 7. The highest BCUT2D eigenvalue weighted by Crippen LogP contribution is 2.26. The van der Waals surface area contributed by atoms with Gasteiger partial charge in [-0.25, -0.2) is 4.68 Å². The summed E-state index contributed by atoms with van der Waals surface area (Å²) >= 11 is 6.35. The molecular formula is C27H33ClN6O3. The van der Waals surface area contributed by atoms with E-state index in [1.165, 1.54) is 6.26 Å². The molecule has 0 aliphatic carbocycles. The molecule has 5 rings (SSSR count). The van der Waals surface area contributed by atoms with E-state index in [0.29, 0.717) is 38.5 Å². The predicted molar refractivity (Wildman–Crippen MR) is 145 cm³/mol. The first-order valence-corrected chi connectivity index (χ1v) is 13.3. The number of anilines is 2. The lowest BCUT2D eigenvalue weighted by molar-refractivity contribution is 0.0714. The molecule has 4 heterocycles. The van der Waals surface area contributed by atoms with Gasteiger partial charge >= 0.3 is 0 Å². The van der Waals surface area contributed by atoms with Gasteiger partial charge in [0, 0.05) is 65.0 Å². The van der Waals surface area contributed by atoms with Gasteiger partial charge in [0.25, 0.3) is 11.5 Å². The Morgan fingerprint density at radius 3 is 2.30 bits per heavy atom. The van der Waals surface area contributed by atoms with Crippen molar-refractivity contribution in [1.82, 2.24) is 19.6 Å². The molecule has 0 bridgehead atoms. The van der Waals surface area contributed by atoms with Crippen LogP contribution in [0.5, 0.6) is 0 Å². The zero-order chi connectivity index (χ0) is 25.6. The molecule has 0 radical (unpaired) electrons. The van der Waals surface area contributed by atoms with E-state index in [0.717, 1.165) is 62.1 Å². The highest BCUT2D eigenvalue weighted by Gasteiger charge is 2.24. The van der Waals surface area contributed by atoms with Gasteiger partial charge in [0.2, 0.25) is 0 Å². The molecule has 1 aromatic carbocycles. The van der Waals surface area contributed by atoms with Crippen LogP contribution in [-0.2, 0) is 6.54 Å². The average Bonchev–Trinajstić information content (AvgIpc) is 3.48. The van der Waals surface area contributed by atoms with E-state index in [9.17, 15) is 9.59 Å². The van der Waals surface area contributed by atoms with Crippen molar-refractivity contribution in [3.8, 4) is 0 Å². The maximum absolute atomic E-state index is 12.5. The molecule has 1 amide bonds. The number of amides is 1. The summed E-state index contributed by atoms with van der Waals surface area (Å²) in [4.78, 5) is 33.7. The Kier molecular flexibility index (Phi) is 8.11. The predicted octanol–water partition coefficient (Wildman–Crippen LogP) is 3.05. The summed E-state index contributed by atoms with van der Waals surface area (Å²) in [7, 11) is 0. The van der Waals surface area contributed by atoms with E-state index >= 15 is 0 Å². The molecule has 2 aromatic heterocycles. The van der Waals surface area contributed by atoms with Crippen molar-refractivity contribution in [1.29, 1.82) is 0 Å². The Morgan fingerprint density at radius 2 is 1.57 bits per heavy atom. The van der Waals surface area contributed by atoms with E-state index in [1.54, 1.807) is 33.8 Å². The molecule has 10 heteroatoms. The van der Waals surface area contributed by atoms with Crippen molar-refractivity contribution >= 4 is 29.0 Å². The Labute approximate surface area is 221 Å². The highest BCUT2D eigenvalue weighted by atomic mass is 35.5. The summed E-state index contributed by atoms with van der Waals surface area (Å²) in [6.07, 6.45) is 3.42. The van der Waals surface area contributed by atoms with Gasteiger partial charge < -0.3 is 19.1 Å². The van der Waals surface area contributed by atoms with Gasteiger partial charge in [-0.2, -0.15) is 5.10 Å². The number of unbranched alkanes of at least 4 members (excludes halogenated alkanes) is 1. The number of rotatable bonds is 8. The molecule has 9 nitrogen and oxygen atoms in total. The van der Waals surface area contributed by atoms with Gasteiger partial charge in [0.1, 0.15) is 5.82 Å². The molecule has 2 saturated heterocycles. The maximum Gasteiger partial charge on any atom is 0.289 e. The summed E-state index contributed by atoms with van der Waals surface area (Å²) in [6, 6.07) is 14.8. The second-order valence-corrected chi connectivity index (χ2v) is 9.90. The van der Waals surface area contributed by atoms with Crippen LogP contribution >= 0.6 is 11.6 Å². The quantitative estimate of drug-likeness (QED) is 0.419. The van der Waals surface area contributed by atoms with E-state index < -0.39 is 0 Å². The fourth-order valence-corrected chi connectivity index (χ4v) is 5.23. The number of nitrogens with zero attached hydrogens (tertiary/aromatic N) is 6. The van der Waals surface area contributed by atoms with Crippen molar-refractivity contribution in [2.45, 2.75) is 19.4 Å².